The van der Waals surface area contributed by atoms with Crippen LogP contribution in [0.1, 0.15) is 37.2 Å². The molecule has 2 aliphatic carbocycles. The summed E-state index contributed by atoms with van der Waals surface area (Å²) in [4.78, 5) is 45.7. The number of hydrogen-bond donors (Lipinski definition) is 0. The maximum Gasteiger partial charge on any atom is 0.233 e. The molecule has 9 heteroatoms. The molecule has 2 aromatic rings. The highest BCUT2D eigenvalue weighted by molar-refractivity contribution is 6.29. The summed E-state index contributed by atoms with van der Waals surface area (Å²) in [7, 11) is 0. The lowest BCUT2D eigenvalue weighted by molar-refractivity contribution is -0.140. The van der Waals surface area contributed by atoms with Gasteiger partial charge in [0.05, 0.1) is 11.8 Å². The van der Waals surface area contributed by atoms with Crippen molar-refractivity contribution in [2.24, 2.45) is 23.7 Å². The average Bonchev–Trinajstić information content (AvgIpc) is 3.55. The SMILES string of the molecule is O=C1[C@@H]2[C@H]3C[C@@H]([C@@H]2C(=O)N1CCCCN1CCN(c2ncccn2)CC1)[C@H](c1ccc(Cl)nc1)C3. The van der Waals surface area contributed by atoms with Crippen LogP contribution in [0.4, 0.5) is 5.95 Å². The van der Waals surface area contributed by atoms with Crippen LogP contribution in [0.25, 0.3) is 0 Å². The first-order chi connectivity index (χ1) is 17.1. The van der Waals surface area contributed by atoms with Gasteiger partial charge in [0.25, 0.3) is 0 Å². The highest BCUT2D eigenvalue weighted by atomic mass is 35.5. The van der Waals surface area contributed by atoms with Crippen molar-refractivity contribution >= 4 is 29.4 Å². The number of fused-ring (bicyclic) bond motifs is 5. The Morgan fingerprint density at radius 3 is 2.37 bits per heavy atom. The Balaban J connectivity index is 0.989. The van der Waals surface area contributed by atoms with Gasteiger partial charge in [0.15, 0.2) is 0 Å². The fourth-order valence-electron chi connectivity index (χ4n) is 6.96. The predicted octanol–water partition coefficient (Wildman–Crippen LogP) is 2.85. The van der Waals surface area contributed by atoms with Crippen molar-refractivity contribution in [1.82, 2.24) is 24.8 Å². The molecule has 0 aromatic carbocycles. The van der Waals surface area contributed by atoms with E-state index in [1.54, 1.807) is 17.3 Å². The molecule has 6 rings (SSSR count). The minimum absolute atomic E-state index is 0.0654. The van der Waals surface area contributed by atoms with Gasteiger partial charge in [0, 0.05) is 51.3 Å². The van der Waals surface area contributed by atoms with E-state index in [4.69, 9.17) is 11.6 Å². The van der Waals surface area contributed by atoms with Gasteiger partial charge in [0.2, 0.25) is 17.8 Å². The lowest BCUT2D eigenvalue weighted by Gasteiger charge is -2.34. The van der Waals surface area contributed by atoms with Crippen LogP contribution in [0.5, 0.6) is 0 Å². The summed E-state index contributed by atoms with van der Waals surface area (Å²) in [5, 5.41) is 0.486. The molecule has 2 aliphatic heterocycles. The van der Waals surface area contributed by atoms with E-state index in [1.165, 1.54) is 0 Å². The lowest BCUT2D eigenvalue weighted by Crippen LogP contribution is -2.47. The Morgan fingerprint density at radius 2 is 1.63 bits per heavy atom. The number of pyridine rings is 1. The Kier molecular flexibility index (Phi) is 6.18. The number of rotatable bonds is 7. The molecule has 2 aromatic heterocycles. The molecule has 0 N–H and O–H groups in total. The van der Waals surface area contributed by atoms with E-state index in [2.05, 4.69) is 24.8 Å². The zero-order chi connectivity index (χ0) is 23.9. The van der Waals surface area contributed by atoms with Gasteiger partial charge in [-0.1, -0.05) is 17.7 Å². The largest absolute Gasteiger partial charge is 0.338 e. The molecule has 35 heavy (non-hydrogen) atoms. The fourth-order valence-corrected chi connectivity index (χ4v) is 7.07. The normalized spacial score (nSPS) is 30.4. The fraction of sp³-hybridized carbons (Fsp3) is 0.577. The molecule has 184 valence electrons. The van der Waals surface area contributed by atoms with Gasteiger partial charge in [0.1, 0.15) is 5.15 Å². The van der Waals surface area contributed by atoms with Crippen molar-refractivity contribution in [3.05, 3.63) is 47.5 Å². The van der Waals surface area contributed by atoms with Crippen LogP contribution in [0.3, 0.4) is 0 Å². The van der Waals surface area contributed by atoms with Gasteiger partial charge in [-0.3, -0.25) is 19.4 Å². The summed E-state index contributed by atoms with van der Waals surface area (Å²) >= 11 is 5.96. The first-order valence-electron chi connectivity index (χ1n) is 12.8. The molecular formula is C26H31ClN6O2. The Labute approximate surface area is 210 Å². The summed E-state index contributed by atoms with van der Waals surface area (Å²) < 4.78 is 0. The van der Waals surface area contributed by atoms with Crippen molar-refractivity contribution in [3.8, 4) is 0 Å². The molecule has 0 unspecified atom stereocenters. The van der Waals surface area contributed by atoms with Gasteiger partial charge in [-0.15, -0.1) is 0 Å². The zero-order valence-electron chi connectivity index (χ0n) is 19.8. The number of carbonyl (C=O) groups is 2. The second-order valence-corrected chi connectivity index (χ2v) is 10.8. The number of amides is 2. The number of halogens is 1. The zero-order valence-corrected chi connectivity index (χ0v) is 20.6. The molecule has 2 bridgehead atoms. The molecule has 2 amide bonds. The maximum atomic E-state index is 13.3. The van der Waals surface area contributed by atoms with E-state index in [9.17, 15) is 9.59 Å². The lowest BCUT2D eigenvalue weighted by atomic mass is 9.73. The number of nitrogens with zero attached hydrogens (tertiary/aromatic N) is 6. The van der Waals surface area contributed by atoms with Crippen LogP contribution >= 0.6 is 11.6 Å². The van der Waals surface area contributed by atoms with E-state index >= 15 is 0 Å². The molecule has 0 spiro atoms. The number of carbonyl (C=O) groups excluding carboxylic acids is 2. The number of imide groups is 1. The van der Waals surface area contributed by atoms with E-state index < -0.39 is 0 Å². The minimum Gasteiger partial charge on any atom is -0.338 e. The quantitative estimate of drug-likeness (QED) is 0.332. The van der Waals surface area contributed by atoms with Crippen molar-refractivity contribution < 1.29 is 9.59 Å². The summed E-state index contributed by atoms with van der Waals surface area (Å²) in [6.45, 7) is 5.34. The molecule has 2 saturated heterocycles. The standard InChI is InChI=1S/C26H31ClN6O2/c27-21-5-4-17(16-30-21)19-14-18-15-20(19)23-22(18)24(34)33(25(23)35)9-2-1-8-31-10-12-32(13-11-31)26-28-6-3-7-29-26/h3-7,16,18-20,22-23H,1-2,8-15H2/t18-,19+,20-,22-,23+/m1/s1. The van der Waals surface area contributed by atoms with Gasteiger partial charge in [-0.25, -0.2) is 15.0 Å². The first-order valence-corrected chi connectivity index (χ1v) is 13.2. The smallest absolute Gasteiger partial charge is 0.233 e. The molecule has 5 atom stereocenters. The van der Waals surface area contributed by atoms with Crippen molar-refractivity contribution in [2.45, 2.75) is 31.6 Å². The van der Waals surface area contributed by atoms with Crippen LogP contribution in [-0.2, 0) is 9.59 Å². The highest BCUT2D eigenvalue weighted by Gasteiger charge is 2.63. The van der Waals surface area contributed by atoms with Crippen molar-refractivity contribution in [3.63, 3.8) is 0 Å². The van der Waals surface area contributed by atoms with Gasteiger partial charge >= 0.3 is 0 Å². The van der Waals surface area contributed by atoms with Crippen molar-refractivity contribution in [1.29, 1.82) is 0 Å². The minimum atomic E-state index is -0.143. The molecule has 4 heterocycles. The van der Waals surface area contributed by atoms with Gasteiger partial charge < -0.3 is 4.90 Å². The summed E-state index contributed by atoms with van der Waals surface area (Å²) in [6.07, 6.45) is 9.21. The van der Waals surface area contributed by atoms with E-state index in [0.717, 1.165) is 69.9 Å². The number of piperazine rings is 1. The number of hydrogen-bond acceptors (Lipinski definition) is 7. The van der Waals surface area contributed by atoms with Crippen LogP contribution in [0.15, 0.2) is 36.8 Å². The maximum absolute atomic E-state index is 13.3. The van der Waals surface area contributed by atoms with Crippen LogP contribution in [0.2, 0.25) is 5.15 Å². The Bertz CT molecular complexity index is 1080. The molecule has 0 radical (unpaired) electrons. The molecule has 4 fully saturated rings. The second-order valence-electron chi connectivity index (χ2n) is 10.4. The predicted molar refractivity (Wildman–Crippen MR) is 132 cm³/mol. The first kappa shape index (κ1) is 22.9. The third-order valence-corrected chi connectivity index (χ3v) is 8.82. The topological polar surface area (TPSA) is 82.5 Å². The monoisotopic (exact) mass is 494 g/mol. The Morgan fingerprint density at radius 1 is 0.886 bits per heavy atom. The number of aromatic nitrogens is 3. The van der Waals surface area contributed by atoms with Crippen molar-refractivity contribution in [2.75, 3.05) is 44.2 Å². The van der Waals surface area contributed by atoms with Crippen LogP contribution < -0.4 is 4.90 Å². The average molecular weight is 495 g/mol. The molecular weight excluding hydrogens is 464 g/mol. The van der Waals surface area contributed by atoms with Crippen LogP contribution in [-0.4, -0.2) is 75.8 Å². The summed E-state index contributed by atoms with van der Waals surface area (Å²) in [5.41, 5.74) is 1.15. The molecule has 2 saturated carbocycles. The Hall–Kier alpha value is -2.58. The highest BCUT2D eigenvalue weighted by Crippen LogP contribution is 2.61. The second kappa shape index (κ2) is 9.47. The number of unbranched alkanes of at least 4 members (excludes halogenated alkanes) is 1. The number of likely N-dealkylation sites (tertiary alicyclic amines) is 1. The molecule has 4 aliphatic rings. The van der Waals surface area contributed by atoms with E-state index in [1.807, 2.05) is 24.4 Å². The number of anilines is 1. The van der Waals surface area contributed by atoms with E-state index in [0.29, 0.717) is 23.5 Å². The third-order valence-electron chi connectivity index (χ3n) is 8.60. The molecule has 8 nitrogen and oxygen atoms in total. The van der Waals surface area contributed by atoms with Crippen LogP contribution in [0, 0.1) is 23.7 Å². The van der Waals surface area contributed by atoms with E-state index in [-0.39, 0.29) is 29.6 Å². The van der Waals surface area contributed by atoms with Gasteiger partial charge in [-0.05, 0) is 67.7 Å². The summed E-state index contributed by atoms with van der Waals surface area (Å²) in [6, 6.07) is 5.69. The third kappa shape index (κ3) is 4.20. The van der Waals surface area contributed by atoms with Gasteiger partial charge in [-0.2, -0.15) is 0 Å². The summed E-state index contributed by atoms with van der Waals surface area (Å²) in [5.74, 6) is 1.58.